The van der Waals surface area contributed by atoms with Crippen molar-refractivity contribution in [3.63, 3.8) is 0 Å². The zero-order valence-electron chi connectivity index (χ0n) is 13.5. The van der Waals surface area contributed by atoms with Gasteiger partial charge in [-0.25, -0.2) is 4.39 Å². The maximum Gasteiger partial charge on any atom is 0.229 e. The van der Waals surface area contributed by atoms with E-state index in [1.165, 1.54) is 17.0 Å². The van der Waals surface area contributed by atoms with Crippen molar-refractivity contribution in [3.8, 4) is 0 Å². The van der Waals surface area contributed by atoms with Crippen molar-refractivity contribution in [3.05, 3.63) is 35.6 Å². The van der Waals surface area contributed by atoms with E-state index in [-0.39, 0.29) is 54.8 Å². The fourth-order valence-electron chi connectivity index (χ4n) is 3.42. The van der Waals surface area contributed by atoms with E-state index in [4.69, 9.17) is 0 Å². The molecule has 6 heteroatoms. The van der Waals surface area contributed by atoms with Crippen molar-refractivity contribution >= 4 is 17.7 Å². The fraction of sp³-hybridized carbons (Fsp3) is 0.500. The second-order valence-corrected chi connectivity index (χ2v) is 6.61. The summed E-state index contributed by atoms with van der Waals surface area (Å²) in [5, 5.41) is 2.91. The molecule has 0 bridgehead atoms. The molecular weight excluding hydrogens is 311 g/mol. The SMILES string of the molecule is O=C(CCN1C(=O)CCC1=O)NCC1(c2ccc(F)cc2)CCC1. The number of hydrogen-bond donors (Lipinski definition) is 1. The first-order valence-corrected chi connectivity index (χ1v) is 8.36. The van der Waals surface area contributed by atoms with Crippen LogP contribution in [-0.4, -0.2) is 35.7 Å². The lowest BCUT2D eigenvalue weighted by Crippen LogP contribution is -2.46. The Morgan fingerprint density at radius 1 is 1.12 bits per heavy atom. The second kappa shape index (κ2) is 6.71. The molecule has 1 aromatic rings. The minimum atomic E-state index is -0.266. The molecule has 3 amide bonds. The Morgan fingerprint density at radius 3 is 2.29 bits per heavy atom. The number of carbonyl (C=O) groups excluding carboxylic acids is 3. The molecule has 0 spiro atoms. The number of benzene rings is 1. The van der Waals surface area contributed by atoms with Gasteiger partial charge >= 0.3 is 0 Å². The van der Waals surface area contributed by atoms with Gasteiger partial charge in [-0.1, -0.05) is 18.6 Å². The largest absolute Gasteiger partial charge is 0.355 e. The summed E-state index contributed by atoms with van der Waals surface area (Å²) in [6, 6.07) is 6.45. The summed E-state index contributed by atoms with van der Waals surface area (Å²) in [4.78, 5) is 36.3. The lowest BCUT2D eigenvalue weighted by Gasteiger charge is -2.42. The van der Waals surface area contributed by atoms with Crippen LogP contribution >= 0.6 is 0 Å². The van der Waals surface area contributed by atoms with Gasteiger partial charge in [0.15, 0.2) is 0 Å². The zero-order chi connectivity index (χ0) is 17.2. The van der Waals surface area contributed by atoms with Crippen molar-refractivity contribution < 1.29 is 18.8 Å². The van der Waals surface area contributed by atoms with E-state index < -0.39 is 0 Å². The molecular formula is C18H21FN2O3. The normalized spacial score (nSPS) is 19.3. The van der Waals surface area contributed by atoms with Crippen LogP contribution < -0.4 is 5.32 Å². The summed E-state index contributed by atoms with van der Waals surface area (Å²) in [7, 11) is 0. The molecule has 1 aromatic carbocycles. The summed E-state index contributed by atoms with van der Waals surface area (Å²) in [5.74, 6) is -0.836. The first-order valence-electron chi connectivity index (χ1n) is 8.36. The van der Waals surface area contributed by atoms with Gasteiger partial charge in [0.1, 0.15) is 5.82 Å². The predicted octanol–water partition coefficient (Wildman–Crippen LogP) is 1.90. The standard InChI is InChI=1S/C18H21FN2O3/c19-14-4-2-13(3-5-14)18(9-1-10-18)12-20-15(22)8-11-21-16(23)6-7-17(21)24/h2-5H,1,6-12H2,(H,20,22). The third-order valence-corrected chi connectivity index (χ3v) is 5.11. The Bertz CT molecular complexity index is 637. The van der Waals surface area contributed by atoms with Crippen molar-refractivity contribution in [1.82, 2.24) is 10.2 Å². The average Bonchev–Trinajstić information content (AvgIpc) is 2.84. The molecule has 0 unspecified atom stereocenters. The van der Waals surface area contributed by atoms with Crippen LogP contribution in [0.25, 0.3) is 0 Å². The Balaban J connectivity index is 1.52. The number of amides is 3. The number of halogens is 1. The fourth-order valence-corrected chi connectivity index (χ4v) is 3.42. The van der Waals surface area contributed by atoms with Gasteiger partial charge in [0.2, 0.25) is 17.7 Å². The Labute approximate surface area is 140 Å². The number of carbonyl (C=O) groups is 3. The molecule has 1 N–H and O–H groups in total. The Morgan fingerprint density at radius 2 is 1.75 bits per heavy atom. The van der Waals surface area contributed by atoms with Gasteiger partial charge in [0, 0.05) is 37.8 Å². The topological polar surface area (TPSA) is 66.5 Å². The minimum absolute atomic E-state index is 0.122. The maximum absolute atomic E-state index is 13.1. The van der Waals surface area contributed by atoms with Gasteiger partial charge < -0.3 is 5.32 Å². The number of hydrogen-bond acceptors (Lipinski definition) is 3. The van der Waals surface area contributed by atoms with Crippen molar-refractivity contribution in [1.29, 1.82) is 0 Å². The highest BCUT2D eigenvalue weighted by Crippen LogP contribution is 2.43. The predicted molar refractivity (Wildman–Crippen MR) is 85.5 cm³/mol. The average molecular weight is 332 g/mol. The molecule has 1 aliphatic heterocycles. The van der Waals surface area contributed by atoms with Crippen LogP contribution in [0.2, 0.25) is 0 Å². The molecule has 2 aliphatic rings. The van der Waals surface area contributed by atoms with E-state index >= 15 is 0 Å². The summed E-state index contributed by atoms with van der Waals surface area (Å²) in [5.41, 5.74) is 0.920. The molecule has 1 heterocycles. The highest BCUT2D eigenvalue weighted by molar-refractivity contribution is 6.02. The smallest absolute Gasteiger partial charge is 0.229 e. The number of rotatable bonds is 6. The van der Waals surface area contributed by atoms with Gasteiger partial charge in [-0.05, 0) is 30.5 Å². The van der Waals surface area contributed by atoms with Crippen LogP contribution in [-0.2, 0) is 19.8 Å². The maximum atomic E-state index is 13.1. The van der Waals surface area contributed by atoms with Gasteiger partial charge in [0.25, 0.3) is 0 Å². The van der Waals surface area contributed by atoms with Gasteiger partial charge in [-0.3, -0.25) is 19.3 Å². The molecule has 0 aromatic heterocycles. The van der Waals surface area contributed by atoms with Crippen molar-refractivity contribution in [2.45, 2.75) is 43.9 Å². The summed E-state index contributed by atoms with van der Waals surface area (Å²) in [6.45, 7) is 0.645. The summed E-state index contributed by atoms with van der Waals surface area (Å²) >= 11 is 0. The highest BCUT2D eigenvalue weighted by atomic mass is 19.1. The van der Waals surface area contributed by atoms with Gasteiger partial charge in [0.05, 0.1) is 0 Å². The van der Waals surface area contributed by atoms with Crippen LogP contribution in [0.5, 0.6) is 0 Å². The lowest BCUT2D eigenvalue weighted by molar-refractivity contribution is -0.138. The highest BCUT2D eigenvalue weighted by Gasteiger charge is 2.39. The van der Waals surface area contributed by atoms with Crippen LogP contribution in [0, 0.1) is 5.82 Å². The summed E-state index contributed by atoms with van der Waals surface area (Å²) in [6.07, 6.45) is 3.62. The molecule has 3 rings (SSSR count). The first kappa shape index (κ1) is 16.6. The van der Waals surface area contributed by atoms with Crippen molar-refractivity contribution in [2.75, 3.05) is 13.1 Å². The first-order chi connectivity index (χ1) is 11.5. The molecule has 1 saturated heterocycles. The van der Waals surface area contributed by atoms with Crippen LogP contribution in [0.1, 0.15) is 44.1 Å². The van der Waals surface area contributed by atoms with Crippen LogP contribution in [0.15, 0.2) is 24.3 Å². The van der Waals surface area contributed by atoms with E-state index in [2.05, 4.69) is 5.32 Å². The number of nitrogens with zero attached hydrogens (tertiary/aromatic N) is 1. The molecule has 24 heavy (non-hydrogen) atoms. The van der Waals surface area contributed by atoms with Crippen molar-refractivity contribution in [2.24, 2.45) is 0 Å². The minimum Gasteiger partial charge on any atom is -0.355 e. The quantitative estimate of drug-likeness (QED) is 0.809. The molecule has 1 aliphatic carbocycles. The Hall–Kier alpha value is -2.24. The molecule has 0 atom stereocenters. The monoisotopic (exact) mass is 332 g/mol. The van der Waals surface area contributed by atoms with E-state index in [0.29, 0.717) is 6.54 Å². The van der Waals surface area contributed by atoms with Gasteiger partial charge in [-0.15, -0.1) is 0 Å². The summed E-state index contributed by atoms with van der Waals surface area (Å²) < 4.78 is 13.1. The second-order valence-electron chi connectivity index (χ2n) is 6.61. The van der Waals surface area contributed by atoms with Crippen LogP contribution in [0.4, 0.5) is 4.39 Å². The van der Waals surface area contributed by atoms with Gasteiger partial charge in [-0.2, -0.15) is 0 Å². The molecule has 1 saturated carbocycles. The number of likely N-dealkylation sites (tertiary alicyclic amines) is 1. The van der Waals surface area contributed by atoms with E-state index in [9.17, 15) is 18.8 Å². The lowest BCUT2D eigenvalue weighted by atomic mass is 9.64. The molecule has 128 valence electrons. The molecule has 0 radical (unpaired) electrons. The molecule has 5 nitrogen and oxygen atoms in total. The zero-order valence-corrected chi connectivity index (χ0v) is 13.5. The van der Waals surface area contributed by atoms with Crippen LogP contribution in [0.3, 0.4) is 0 Å². The van der Waals surface area contributed by atoms with E-state index in [1.807, 2.05) is 0 Å². The third-order valence-electron chi connectivity index (χ3n) is 5.11. The van der Waals surface area contributed by atoms with E-state index in [1.54, 1.807) is 12.1 Å². The molecule has 2 fully saturated rings. The Kier molecular flexibility index (Phi) is 4.64. The van der Waals surface area contributed by atoms with E-state index in [0.717, 1.165) is 24.8 Å². The number of imide groups is 1. The third kappa shape index (κ3) is 3.32. The number of nitrogens with one attached hydrogen (secondary N) is 1.